The van der Waals surface area contributed by atoms with Crippen LogP contribution >= 0.6 is 0 Å². The molecule has 3 atom stereocenters. The number of likely N-dealkylation sites (tertiary alicyclic amines) is 2. The van der Waals surface area contributed by atoms with Gasteiger partial charge in [-0.15, -0.1) is 0 Å². The van der Waals surface area contributed by atoms with Gasteiger partial charge in [-0.25, -0.2) is 4.79 Å². The largest absolute Gasteiger partial charge is 0.444 e. The summed E-state index contributed by atoms with van der Waals surface area (Å²) in [5, 5.41) is 12.8. The first-order chi connectivity index (χ1) is 13.2. The zero-order chi connectivity index (χ0) is 20.4. The molecule has 1 amide bonds. The smallest absolute Gasteiger partial charge is 0.410 e. The minimum atomic E-state index is -0.434. The SMILES string of the molecule is CN(CCO)CC1CCNCC1N1CCC2(CCN(C(=O)OC(C)(C)C)C2)C1. The van der Waals surface area contributed by atoms with Gasteiger partial charge in [-0.3, -0.25) is 4.90 Å². The van der Waals surface area contributed by atoms with Gasteiger partial charge in [-0.1, -0.05) is 0 Å². The van der Waals surface area contributed by atoms with E-state index in [1.807, 2.05) is 25.7 Å². The number of hydrogen-bond donors (Lipinski definition) is 2. The molecule has 7 nitrogen and oxygen atoms in total. The number of rotatable bonds is 5. The van der Waals surface area contributed by atoms with Crippen LogP contribution in [0.1, 0.15) is 40.0 Å². The zero-order valence-corrected chi connectivity index (χ0v) is 18.2. The molecule has 0 bridgehead atoms. The Morgan fingerprint density at radius 2 is 2.04 bits per heavy atom. The Morgan fingerprint density at radius 1 is 1.29 bits per heavy atom. The van der Waals surface area contributed by atoms with Crippen LogP contribution in [0.2, 0.25) is 0 Å². The molecule has 2 N–H and O–H groups in total. The van der Waals surface area contributed by atoms with E-state index >= 15 is 0 Å². The molecule has 0 radical (unpaired) electrons. The van der Waals surface area contributed by atoms with Gasteiger partial charge >= 0.3 is 6.09 Å². The molecule has 3 unspecified atom stereocenters. The summed E-state index contributed by atoms with van der Waals surface area (Å²) < 4.78 is 5.59. The average molecular weight is 397 g/mol. The van der Waals surface area contributed by atoms with Crippen molar-refractivity contribution in [1.82, 2.24) is 20.0 Å². The number of carbonyl (C=O) groups is 1. The topological polar surface area (TPSA) is 68.3 Å². The van der Waals surface area contributed by atoms with E-state index in [2.05, 4.69) is 22.2 Å². The Hall–Kier alpha value is -0.890. The van der Waals surface area contributed by atoms with Crippen LogP contribution in [-0.2, 0) is 4.74 Å². The van der Waals surface area contributed by atoms with Crippen molar-refractivity contribution in [2.75, 3.05) is 66.0 Å². The molecule has 3 aliphatic heterocycles. The summed E-state index contributed by atoms with van der Waals surface area (Å²) in [6.45, 7) is 13.8. The Morgan fingerprint density at radius 3 is 2.75 bits per heavy atom. The van der Waals surface area contributed by atoms with Crippen molar-refractivity contribution in [2.24, 2.45) is 11.3 Å². The fourth-order valence-corrected chi connectivity index (χ4v) is 5.20. The second kappa shape index (κ2) is 8.86. The van der Waals surface area contributed by atoms with Crippen LogP contribution in [0.5, 0.6) is 0 Å². The van der Waals surface area contributed by atoms with Crippen LogP contribution < -0.4 is 5.32 Å². The Bertz CT molecular complexity index is 538. The third-order valence-corrected chi connectivity index (χ3v) is 6.64. The molecule has 1 spiro atoms. The van der Waals surface area contributed by atoms with Gasteiger partial charge in [-0.2, -0.15) is 0 Å². The van der Waals surface area contributed by atoms with Gasteiger partial charge in [0.25, 0.3) is 0 Å². The summed E-state index contributed by atoms with van der Waals surface area (Å²) in [5.41, 5.74) is -0.202. The molecule has 0 saturated carbocycles. The molecule has 0 aliphatic carbocycles. The van der Waals surface area contributed by atoms with Crippen molar-refractivity contribution in [2.45, 2.75) is 51.7 Å². The number of likely N-dealkylation sites (N-methyl/N-ethyl adjacent to an activating group) is 1. The average Bonchev–Trinajstić information content (AvgIpc) is 3.22. The third kappa shape index (κ3) is 5.38. The molecule has 7 heteroatoms. The molecule has 0 aromatic heterocycles. The number of amides is 1. The maximum Gasteiger partial charge on any atom is 0.410 e. The Balaban J connectivity index is 1.57. The van der Waals surface area contributed by atoms with Gasteiger partial charge in [0.2, 0.25) is 0 Å². The molecule has 3 heterocycles. The normalized spacial score (nSPS) is 31.9. The fraction of sp³-hybridized carbons (Fsp3) is 0.952. The lowest BCUT2D eigenvalue weighted by molar-refractivity contribution is 0.0270. The van der Waals surface area contributed by atoms with Crippen molar-refractivity contribution < 1.29 is 14.6 Å². The lowest BCUT2D eigenvalue weighted by Crippen LogP contribution is -2.53. The number of ether oxygens (including phenoxy) is 1. The summed E-state index contributed by atoms with van der Waals surface area (Å²) in [6.07, 6.45) is 3.28. The molecule has 3 rings (SSSR count). The quantitative estimate of drug-likeness (QED) is 0.728. The molecule has 0 aromatic rings. The standard InChI is InChI=1S/C21H40N4O3/c1-20(2,3)28-19(27)25-10-7-21(16-25)6-9-24(15-21)18-13-22-8-5-17(18)14-23(4)11-12-26/h17-18,22,26H,5-16H2,1-4H3. The van der Waals surface area contributed by atoms with Crippen LogP contribution in [0.3, 0.4) is 0 Å². The highest BCUT2D eigenvalue weighted by molar-refractivity contribution is 5.68. The van der Waals surface area contributed by atoms with E-state index in [0.717, 1.165) is 58.8 Å². The molecule has 0 aromatic carbocycles. The van der Waals surface area contributed by atoms with E-state index in [1.54, 1.807) is 0 Å². The summed E-state index contributed by atoms with van der Waals surface area (Å²) in [7, 11) is 2.11. The van der Waals surface area contributed by atoms with Gasteiger partial charge in [0, 0.05) is 50.7 Å². The van der Waals surface area contributed by atoms with E-state index in [-0.39, 0.29) is 18.1 Å². The van der Waals surface area contributed by atoms with E-state index in [0.29, 0.717) is 12.0 Å². The summed E-state index contributed by atoms with van der Waals surface area (Å²) >= 11 is 0. The number of nitrogens with zero attached hydrogens (tertiary/aromatic N) is 3. The highest BCUT2D eigenvalue weighted by Crippen LogP contribution is 2.41. The predicted octanol–water partition coefficient (Wildman–Crippen LogP) is 1.22. The van der Waals surface area contributed by atoms with Gasteiger partial charge < -0.3 is 25.0 Å². The molecular formula is C21H40N4O3. The number of carbonyl (C=O) groups excluding carboxylic acids is 1. The first-order valence-corrected chi connectivity index (χ1v) is 10.9. The van der Waals surface area contributed by atoms with Crippen molar-refractivity contribution in [3.63, 3.8) is 0 Å². The molecule has 162 valence electrons. The predicted molar refractivity (Wildman–Crippen MR) is 110 cm³/mol. The van der Waals surface area contributed by atoms with Crippen LogP contribution in [0.4, 0.5) is 4.79 Å². The van der Waals surface area contributed by atoms with E-state index in [4.69, 9.17) is 4.74 Å². The van der Waals surface area contributed by atoms with Gasteiger partial charge in [0.1, 0.15) is 5.60 Å². The van der Waals surface area contributed by atoms with E-state index in [1.165, 1.54) is 12.8 Å². The number of nitrogens with one attached hydrogen (secondary N) is 1. The Labute approximate surface area is 170 Å². The second-order valence-corrected chi connectivity index (χ2v) is 10.2. The Kier molecular flexibility index (Phi) is 6.90. The van der Waals surface area contributed by atoms with E-state index < -0.39 is 5.60 Å². The lowest BCUT2D eigenvalue weighted by atomic mass is 9.86. The van der Waals surface area contributed by atoms with Crippen LogP contribution in [-0.4, -0.2) is 104 Å². The lowest BCUT2D eigenvalue weighted by Gasteiger charge is -2.40. The highest BCUT2D eigenvalue weighted by Gasteiger charge is 2.47. The maximum absolute atomic E-state index is 12.5. The number of hydrogen-bond acceptors (Lipinski definition) is 6. The second-order valence-electron chi connectivity index (χ2n) is 10.2. The minimum absolute atomic E-state index is 0.161. The summed E-state index contributed by atoms with van der Waals surface area (Å²) in [4.78, 5) is 19.3. The van der Waals surface area contributed by atoms with Crippen molar-refractivity contribution >= 4 is 6.09 Å². The summed E-state index contributed by atoms with van der Waals surface area (Å²) in [5.74, 6) is 0.635. The molecule has 28 heavy (non-hydrogen) atoms. The fourth-order valence-electron chi connectivity index (χ4n) is 5.20. The third-order valence-electron chi connectivity index (χ3n) is 6.64. The monoisotopic (exact) mass is 396 g/mol. The van der Waals surface area contributed by atoms with Crippen molar-refractivity contribution in [3.05, 3.63) is 0 Å². The van der Waals surface area contributed by atoms with Gasteiger partial charge in [0.05, 0.1) is 6.61 Å². The highest BCUT2D eigenvalue weighted by atomic mass is 16.6. The number of aliphatic hydroxyl groups excluding tert-OH is 1. The maximum atomic E-state index is 12.5. The zero-order valence-electron chi connectivity index (χ0n) is 18.2. The molecule has 3 saturated heterocycles. The minimum Gasteiger partial charge on any atom is -0.444 e. The molecular weight excluding hydrogens is 356 g/mol. The van der Waals surface area contributed by atoms with Crippen LogP contribution in [0.25, 0.3) is 0 Å². The number of piperidine rings is 1. The van der Waals surface area contributed by atoms with Crippen LogP contribution in [0, 0.1) is 11.3 Å². The first kappa shape index (κ1) is 21.8. The first-order valence-electron chi connectivity index (χ1n) is 10.9. The van der Waals surface area contributed by atoms with Gasteiger partial charge in [0.15, 0.2) is 0 Å². The van der Waals surface area contributed by atoms with Crippen LogP contribution in [0.15, 0.2) is 0 Å². The molecule has 3 aliphatic rings. The summed E-state index contributed by atoms with van der Waals surface area (Å²) in [6, 6.07) is 0.546. The van der Waals surface area contributed by atoms with Crippen molar-refractivity contribution in [3.8, 4) is 0 Å². The van der Waals surface area contributed by atoms with E-state index in [9.17, 15) is 9.90 Å². The van der Waals surface area contributed by atoms with Gasteiger partial charge in [-0.05, 0) is 66.1 Å². The molecule has 3 fully saturated rings. The van der Waals surface area contributed by atoms with Crippen molar-refractivity contribution in [1.29, 1.82) is 0 Å². The number of aliphatic hydroxyl groups is 1.